The molecule has 1 atom stereocenters. The molecular weight excluding hydrogens is 164 g/mol. The van der Waals surface area contributed by atoms with Gasteiger partial charge in [0.05, 0.1) is 10.8 Å². The van der Waals surface area contributed by atoms with E-state index >= 15 is 0 Å². The Bertz CT molecular complexity index is 280. The fourth-order valence-corrected chi connectivity index (χ4v) is 1.06. The molecule has 0 aromatic carbocycles. The van der Waals surface area contributed by atoms with Crippen molar-refractivity contribution in [3.05, 3.63) is 6.07 Å². The van der Waals surface area contributed by atoms with Crippen molar-refractivity contribution >= 4 is 22.4 Å². The molecule has 0 fully saturated rings. The molecule has 1 rings (SSSR count). The Kier molecular flexibility index (Phi) is 2.04. The van der Waals surface area contributed by atoms with E-state index in [0.29, 0.717) is 0 Å². The maximum absolute atomic E-state index is 10.8. The van der Waals surface area contributed by atoms with Crippen molar-refractivity contribution < 1.29 is 4.21 Å². The summed E-state index contributed by atoms with van der Waals surface area (Å²) in [6, 6.07) is 1.41. The lowest BCUT2D eigenvalue weighted by atomic mass is 10.5. The smallest absolute Gasteiger partial charge is 0.222 e. The molecule has 0 spiro atoms. The Balaban J connectivity index is 3.19. The first kappa shape index (κ1) is 7.93. The highest BCUT2D eigenvalue weighted by atomic mass is 32.2. The average molecular weight is 172 g/mol. The summed E-state index contributed by atoms with van der Waals surface area (Å²) >= 11 is 0. The second-order valence-corrected chi connectivity index (χ2v) is 3.23. The predicted molar refractivity (Wildman–Crippen MR) is 43.2 cm³/mol. The molecule has 4 N–H and O–H groups in total. The molecule has 0 amide bonds. The van der Waals surface area contributed by atoms with E-state index in [1.165, 1.54) is 12.3 Å². The normalized spacial score (nSPS) is 12.8. The molecule has 0 saturated heterocycles. The highest BCUT2D eigenvalue weighted by Crippen LogP contribution is 2.05. The molecule has 0 saturated carbocycles. The van der Waals surface area contributed by atoms with Gasteiger partial charge in [-0.15, -0.1) is 0 Å². The monoisotopic (exact) mass is 172 g/mol. The number of anilines is 2. The lowest BCUT2D eigenvalue weighted by molar-refractivity contribution is 0.680. The van der Waals surface area contributed by atoms with Crippen LogP contribution in [0.2, 0.25) is 0 Å². The third-order valence-electron chi connectivity index (χ3n) is 1.00. The van der Waals surface area contributed by atoms with Crippen LogP contribution in [-0.2, 0) is 10.8 Å². The lowest BCUT2D eigenvalue weighted by Gasteiger charge is -1.97. The van der Waals surface area contributed by atoms with Crippen LogP contribution in [0.5, 0.6) is 0 Å². The van der Waals surface area contributed by atoms with Gasteiger partial charge in [-0.05, 0) is 0 Å². The summed E-state index contributed by atoms with van der Waals surface area (Å²) in [5.74, 6) is 0.477. The first-order valence-electron chi connectivity index (χ1n) is 2.83. The minimum Gasteiger partial charge on any atom is -0.383 e. The van der Waals surface area contributed by atoms with Crippen LogP contribution in [0.3, 0.4) is 0 Å². The van der Waals surface area contributed by atoms with Crippen LogP contribution in [0.25, 0.3) is 0 Å². The number of nitrogens with zero attached hydrogens (tertiary/aromatic N) is 2. The van der Waals surface area contributed by atoms with Crippen LogP contribution in [0.1, 0.15) is 0 Å². The van der Waals surface area contributed by atoms with Gasteiger partial charge < -0.3 is 11.5 Å². The van der Waals surface area contributed by atoms with Crippen LogP contribution in [0.15, 0.2) is 11.2 Å². The highest BCUT2D eigenvalue weighted by molar-refractivity contribution is 7.84. The Morgan fingerprint density at radius 3 is 2.18 bits per heavy atom. The van der Waals surface area contributed by atoms with Crippen LogP contribution < -0.4 is 11.5 Å². The molecule has 11 heavy (non-hydrogen) atoms. The Morgan fingerprint density at radius 2 is 1.82 bits per heavy atom. The van der Waals surface area contributed by atoms with E-state index in [1.54, 1.807) is 0 Å². The molecule has 0 radical (unpaired) electrons. The zero-order chi connectivity index (χ0) is 8.43. The van der Waals surface area contributed by atoms with Crippen molar-refractivity contribution in [2.75, 3.05) is 17.7 Å². The van der Waals surface area contributed by atoms with Gasteiger partial charge >= 0.3 is 0 Å². The standard InChI is InChI=1S/C5H8N4OS/c1-11(10)5-8-3(6)2-4(7)9-5/h2H,1H3,(H4,6,7,8,9). The molecule has 0 aliphatic rings. The highest BCUT2D eigenvalue weighted by Gasteiger charge is 2.02. The van der Waals surface area contributed by atoms with Crippen molar-refractivity contribution in [1.29, 1.82) is 0 Å². The molecule has 1 aromatic heterocycles. The van der Waals surface area contributed by atoms with E-state index in [9.17, 15) is 4.21 Å². The van der Waals surface area contributed by atoms with Crippen LogP contribution in [0, 0.1) is 0 Å². The van der Waals surface area contributed by atoms with Crippen molar-refractivity contribution in [3.8, 4) is 0 Å². The van der Waals surface area contributed by atoms with Crippen molar-refractivity contribution in [1.82, 2.24) is 9.97 Å². The maximum atomic E-state index is 10.8. The van der Waals surface area contributed by atoms with Gasteiger partial charge in [0.2, 0.25) is 5.16 Å². The minimum atomic E-state index is -1.23. The van der Waals surface area contributed by atoms with Gasteiger partial charge in [-0.1, -0.05) is 0 Å². The summed E-state index contributed by atoms with van der Waals surface area (Å²) in [6.45, 7) is 0. The quantitative estimate of drug-likeness (QED) is 0.550. The number of hydrogen-bond acceptors (Lipinski definition) is 5. The number of rotatable bonds is 1. The van der Waals surface area contributed by atoms with E-state index in [2.05, 4.69) is 9.97 Å². The van der Waals surface area contributed by atoms with Gasteiger partial charge in [0.15, 0.2) is 0 Å². The van der Waals surface area contributed by atoms with E-state index < -0.39 is 10.8 Å². The molecule has 1 heterocycles. The molecule has 60 valence electrons. The second-order valence-electron chi connectivity index (χ2n) is 1.95. The summed E-state index contributed by atoms with van der Waals surface area (Å²) < 4.78 is 10.8. The Morgan fingerprint density at radius 1 is 1.36 bits per heavy atom. The zero-order valence-corrected chi connectivity index (χ0v) is 6.76. The van der Waals surface area contributed by atoms with Gasteiger partial charge in [0, 0.05) is 12.3 Å². The van der Waals surface area contributed by atoms with Gasteiger partial charge in [0.1, 0.15) is 11.6 Å². The summed E-state index contributed by atoms with van der Waals surface area (Å²) in [5, 5.41) is 0.169. The molecule has 5 nitrogen and oxygen atoms in total. The predicted octanol–water partition coefficient (Wildman–Crippen LogP) is -0.622. The summed E-state index contributed by atoms with van der Waals surface area (Å²) in [7, 11) is -1.23. The largest absolute Gasteiger partial charge is 0.383 e. The topological polar surface area (TPSA) is 94.9 Å². The Hall–Kier alpha value is -1.17. The van der Waals surface area contributed by atoms with E-state index in [-0.39, 0.29) is 16.8 Å². The number of aromatic nitrogens is 2. The number of hydrogen-bond donors (Lipinski definition) is 2. The molecular formula is C5H8N4OS. The Labute approximate surface area is 66.3 Å². The fraction of sp³-hybridized carbons (Fsp3) is 0.200. The van der Waals surface area contributed by atoms with Crippen molar-refractivity contribution in [2.45, 2.75) is 5.16 Å². The molecule has 6 heteroatoms. The molecule has 0 aliphatic carbocycles. The molecule has 1 unspecified atom stereocenters. The number of nitrogens with two attached hydrogens (primary N) is 2. The zero-order valence-electron chi connectivity index (χ0n) is 5.94. The van der Waals surface area contributed by atoms with Gasteiger partial charge in [0.25, 0.3) is 0 Å². The van der Waals surface area contributed by atoms with Crippen LogP contribution >= 0.6 is 0 Å². The van der Waals surface area contributed by atoms with Crippen molar-refractivity contribution in [2.24, 2.45) is 0 Å². The number of nitrogen functional groups attached to an aromatic ring is 2. The van der Waals surface area contributed by atoms with E-state index in [0.717, 1.165) is 0 Å². The van der Waals surface area contributed by atoms with Gasteiger partial charge in [-0.3, -0.25) is 4.21 Å². The summed E-state index contributed by atoms with van der Waals surface area (Å²) in [6.07, 6.45) is 1.47. The van der Waals surface area contributed by atoms with Crippen LogP contribution in [0.4, 0.5) is 11.6 Å². The van der Waals surface area contributed by atoms with Crippen LogP contribution in [-0.4, -0.2) is 20.4 Å². The molecule has 0 aliphatic heterocycles. The molecule has 1 aromatic rings. The van der Waals surface area contributed by atoms with E-state index in [4.69, 9.17) is 11.5 Å². The molecule has 0 bridgehead atoms. The van der Waals surface area contributed by atoms with Gasteiger partial charge in [-0.2, -0.15) is 0 Å². The minimum absolute atomic E-state index is 0.169. The second kappa shape index (κ2) is 2.83. The fourth-order valence-electron chi connectivity index (χ4n) is 0.590. The summed E-state index contributed by atoms with van der Waals surface area (Å²) in [5.41, 5.74) is 10.7. The lowest BCUT2D eigenvalue weighted by Crippen LogP contribution is -2.03. The first-order valence-corrected chi connectivity index (χ1v) is 4.39. The summed E-state index contributed by atoms with van der Waals surface area (Å²) in [4.78, 5) is 7.44. The average Bonchev–Trinajstić information content (AvgIpc) is 1.85. The SMILES string of the molecule is CS(=O)c1nc(N)cc(N)n1. The van der Waals surface area contributed by atoms with Crippen molar-refractivity contribution in [3.63, 3.8) is 0 Å². The third-order valence-corrected chi connectivity index (χ3v) is 1.70. The van der Waals surface area contributed by atoms with Gasteiger partial charge in [-0.25, -0.2) is 9.97 Å². The maximum Gasteiger partial charge on any atom is 0.222 e. The first-order chi connectivity index (χ1) is 5.09. The third kappa shape index (κ3) is 1.87. The van der Waals surface area contributed by atoms with E-state index in [1.807, 2.05) is 0 Å².